The normalized spacial score (nSPS) is 10.9. The first-order valence-corrected chi connectivity index (χ1v) is 7.53. The molecular formula is C16H18BrN3O2. The van der Waals surface area contributed by atoms with Gasteiger partial charge in [-0.25, -0.2) is 0 Å². The number of amides is 1. The largest absolute Gasteiger partial charge is 0.496 e. The Morgan fingerprint density at radius 3 is 2.91 bits per heavy atom. The minimum atomic E-state index is -0.0779. The summed E-state index contributed by atoms with van der Waals surface area (Å²) in [4.78, 5) is 13.8. The van der Waals surface area contributed by atoms with Crippen LogP contribution in [0.3, 0.4) is 0 Å². The third-order valence-corrected chi connectivity index (χ3v) is 3.64. The number of hydrogen-bond donors (Lipinski definition) is 0. The fourth-order valence-corrected chi connectivity index (χ4v) is 2.41. The summed E-state index contributed by atoms with van der Waals surface area (Å²) in [6.45, 7) is 0.520. The zero-order valence-electron chi connectivity index (χ0n) is 12.8. The molecule has 116 valence electrons. The first-order valence-electron chi connectivity index (χ1n) is 6.74. The Balaban J connectivity index is 2.06. The van der Waals surface area contributed by atoms with Gasteiger partial charge in [-0.1, -0.05) is 15.9 Å². The Kier molecular flexibility index (Phi) is 5.38. The quantitative estimate of drug-likeness (QED) is 0.767. The number of carbonyl (C=O) groups excluding carboxylic acids is 1. The summed E-state index contributed by atoms with van der Waals surface area (Å²) in [5, 5.41) is 4.09. The third kappa shape index (κ3) is 4.21. The number of likely N-dealkylation sites (N-methyl/N-ethyl adjacent to an activating group) is 1. The average molecular weight is 364 g/mol. The van der Waals surface area contributed by atoms with E-state index in [0.29, 0.717) is 6.54 Å². The predicted octanol–water partition coefficient (Wildman–Crippen LogP) is 2.86. The van der Waals surface area contributed by atoms with E-state index >= 15 is 0 Å². The van der Waals surface area contributed by atoms with Crippen LogP contribution < -0.4 is 4.74 Å². The van der Waals surface area contributed by atoms with Gasteiger partial charge >= 0.3 is 0 Å². The van der Waals surface area contributed by atoms with Crippen molar-refractivity contribution in [3.63, 3.8) is 0 Å². The summed E-state index contributed by atoms with van der Waals surface area (Å²) in [5.41, 5.74) is 1.84. The lowest BCUT2D eigenvalue weighted by molar-refractivity contribution is -0.125. The van der Waals surface area contributed by atoms with E-state index < -0.39 is 0 Å². The third-order valence-electron chi connectivity index (χ3n) is 3.15. The lowest BCUT2D eigenvalue weighted by Crippen LogP contribution is -2.23. The molecule has 2 rings (SSSR count). The number of halogens is 1. The van der Waals surface area contributed by atoms with Gasteiger partial charge in [0.15, 0.2) is 0 Å². The fraction of sp³-hybridized carbons (Fsp3) is 0.250. The van der Waals surface area contributed by atoms with Gasteiger partial charge in [-0.05, 0) is 24.3 Å². The van der Waals surface area contributed by atoms with Crippen LogP contribution in [0.5, 0.6) is 5.75 Å². The molecule has 0 aliphatic heterocycles. The Bertz CT molecular complexity index is 694. The smallest absolute Gasteiger partial charge is 0.246 e. The second-order valence-corrected chi connectivity index (χ2v) is 5.85. The highest BCUT2D eigenvalue weighted by Crippen LogP contribution is 2.24. The van der Waals surface area contributed by atoms with Gasteiger partial charge in [-0.2, -0.15) is 5.10 Å². The van der Waals surface area contributed by atoms with Crippen molar-refractivity contribution in [3.8, 4) is 5.75 Å². The minimum absolute atomic E-state index is 0.0779. The van der Waals surface area contributed by atoms with Crippen LogP contribution in [0.2, 0.25) is 0 Å². The van der Waals surface area contributed by atoms with Crippen LogP contribution in [-0.2, 0) is 18.4 Å². The van der Waals surface area contributed by atoms with Crippen LogP contribution in [0.15, 0.2) is 41.1 Å². The monoisotopic (exact) mass is 363 g/mol. The average Bonchev–Trinajstić information content (AvgIpc) is 2.90. The molecule has 6 heteroatoms. The fourth-order valence-electron chi connectivity index (χ4n) is 2.03. The molecule has 1 aromatic carbocycles. The van der Waals surface area contributed by atoms with Crippen LogP contribution in [-0.4, -0.2) is 34.7 Å². The number of ether oxygens (including phenoxy) is 1. The van der Waals surface area contributed by atoms with E-state index in [0.717, 1.165) is 21.3 Å². The van der Waals surface area contributed by atoms with Crippen molar-refractivity contribution in [1.29, 1.82) is 0 Å². The van der Waals surface area contributed by atoms with E-state index in [1.165, 1.54) is 0 Å². The van der Waals surface area contributed by atoms with E-state index in [2.05, 4.69) is 21.0 Å². The maximum atomic E-state index is 12.2. The van der Waals surface area contributed by atoms with Crippen LogP contribution in [0.25, 0.3) is 6.08 Å². The van der Waals surface area contributed by atoms with Crippen molar-refractivity contribution >= 4 is 27.9 Å². The summed E-state index contributed by atoms with van der Waals surface area (Å²) < 4.78 is 7.94. The van der Waals surface area contributed by atoms with Crippen molar-refractivity contribution in [2.75, 3.05) is 14.2 Å². The van der Waals surface area contributed by atoms with Crippen molar-refractivity contribution in [2.45, 2.75) is 6.54 Å². The van der Waals surface area contributed by atoms with Gasteiger partial charge in [-0.3, -0.25) is 9.48 Å². The number of nitrogens with zero attached hydrogens (tertiary/aromatic N) is 3. The number of rotatable bonds is 5. The number of carbonyl (C=O) groups is 1. The highest BCUT2D eigenvalue weighted by atomic mass is 79.9. The number of benzene rings is 1. The Hall–Kier alpha value is -2.08. The van der Waals surface area contributed by atoms with Crippen molar-refractivity contribution < 1.29 is 9.53 Å². The molecule has 0 fully saturated rings. The Morgan fingerprint density at radius 2 is 2.27 bits per heavy atom. The molecule has 1 aromatic heterocycles. The highest BCUT2D eigenvalue weighted by molar-refractivity contribution is 9.10. The number of methoxy groups -OCH3 is 1. The summed E-state index contributed by atoms with van der Waals surface area (Å²) in [5.74, 6) is 0.646. The Labute approximate surface area is 138 Å². The van der Waals surface area contributed by atoms with Gasteiger partial charge < -0.3 is 9.64 Å². The number of aryl methyl sites for hydroxylation is 1. The molecule has 0 saturated heterocycles. The van der Waals surface area contributed by atoms with Crippen molar-refractivity contribution in [1.82, 2.24) is 14.7 Å². The zero-order chi connectivity index (χ0) is 16.1. The van der Waals surface area contributed by atoms with E-state index in [1.807, 2.05) is 31.4 Å². The molecule has 0 aliphatic carbocycles. The summed E-state index contributed by atoms with van der Waals surface area (Å²) in [7, 11) is 5.22. The first-order chi connectivity index (χ1) is 10.5. The van der Waals surface area contributed by atoms with Crippen molar-refractivity contribution in [3.05, 3.63) is 52.3 Å². The first kappa shape index (κ1) is 16.3. The van der Waals surface area contributed by atoms with Gasteiger partial charge in [0.2, 0.25) is 5.91 Å². The molecule has 1 heterocycles. The molecule has 0 aliphatic rings. The summed E-state index contributed by atoms with van der Waals surface area (Å²) >= 11 is 3.41. The lowest BCUT2D eigenvalue weighted by Gasteiger charge is -2.13. The lowest BCUT2D eigenvalue weighted by atomic mass is 10.2. The second kappa shape index (κ2) is 7.26. The number of aromatic nitrogens is 2. The van der Waals surface area contributed by atoms with Gasteiger partial charge in [0.1, 0.15) is 5.75 Å². The predicted molar refractivity (Wildman–Crippen MR) is 89.4 cm³/mol. The van der Waals surface area contributed by atoms with E-state index in [4.69, 9.17) is 4.74 Å². The zero-order valence-corrected chi connectivity index (χ0v) is 14.4. The molecule has 22 heavy (non-hydrogen) atoms. The van der Waals surface area contributed by atoms with Gasteiger partial charge in [-0.15, -0.1) is 0 Å². The standard InChI is InChI=1S/C16H18BrN3O2/c1-19(10-12-9-18-20(2)11-12)16(21)7-4-13-8-14(17)5-6-15(13)22-3/h4-9,11H,10H2,1-3H3/b7-4+. The molecular weight excluding hydrogens is 346 g/mol. The number of hydrogen-bond acceptors (Lipinski definition) is 3. The molecule has 0 spiro atoms. The summed E-state index contributed by atoms with van der Waals surface area (Å²) in [6.07, 6.45) is 6.95. The molecule has 2 aromatic rings. The highest BCUT2D eigenvalue weighted by Gasteiger charge is 2.08. The topological polar surface area (TPSA) is 47.4 Å². The molecule has 0 atom stereocenters. The molecule has 5 nitrogen and oxygen atoms in total. The van der Waals surface area contributed by atoms with Crippen molar-refractivity contribution in [2.24, 2.45) is 7.05 Å². The van der Waals surface area contributed by atoms with E-state index in [-0.39, 0.29) is 5.91 Å². The molecule has 0 saturated carbocycles. The minimum Gasteiger partial charge on any atom is -0.496 e. The molecule has 0 bridgehead atoms. The maximum Gasteiger partial charge on any atom is 0.246 e. The summed E-state index contributed by atoms with van der Waals surface area (Å²) in [6, 6.07) is 5.66. The second-order valence-electron chi connectivity index (χ2n) is 4.94. The van der Waals surface area contributed by atoms with Crippen LogP contribution in [0, 0.1) is 0 Å². The van der Waals surface area contributed by atoms with Crippen LogP contribution >= 0.6 is 15.9 Å². The molecule has 0 radical (unpaired) electrons. The van der Waals surface area contributed by atoms with E-state index in [1.54, 1.807) is 42.1 Å². The molecule has 0 N–H and O–H groups in total. The SMILES string of the molecule is COc1ccc(Br)cc1/C=C/C(=O)N(C)Cc1cnn(C)c1. The van der Waals surface area contributed by atoms with E-state index in [9.17, 15) is 4.79 Å². The van der Waals surface area contributed by atoms with Crippen LogP contribution in [0.4, 0.5) is 0 Å². The molecule has 0 unspecified atom stereocenters. The molecule has 1 amide bonds. The van der Waals surface area contributed by atoms with Gasteiger partial charge in [0.25, 0.3) is 0 Å². The van der Waals surface area contributed by atoms with Gasteiger partial charge in [0.05, 0.1) is 13.3 Å². The Morgan fingerprint density at radius 1 is 1.50 bits per heavy atom. The van der Waals surface area contributed by atoms with Gasteiger partial charge in [0, 0.05) is 48.5 Å². The maximum absolute atomic E-state index is 12.2. The van der Waals surface area contributed by atoms with Crippen LogP contribution in [0.1, 0.15) is 11.1 Å².